The van der Waals surface area contributed by atoms with Gasteiger partial charge < -0.3 is 9.47 Å². The van der Waals surface area contributed by atoms with Crippen LogP contribution in [0.2, 0.25) is 0 Å². The highest BCUT2D eigenvalue weighted by Crippen LogP contribution is 2.25. The smallest absolute Gasteiger partial charge is 0.309 e. The number of rotatable bonds is 12. The van der Waals surface area contributed by atoms with Crippen LogP contribution in [0, 0.1) is 0 Å². The fraction of sp³-hybridized carbons (Fsp3) is 0.235. The van der Waals surface area contributed by atoms with E-state index in [-0.39, 0.29) is 11.9 Å². The van der Waals surface area contributed by atoms with Crippen LogP contribution in [0.1, 0.15) is 28.7 Å². The number of carbonyl (C=O) groups excluding carboxylic acids is 2. The number of methoxy groups -OCH3 is 2. The first-order valence-electron chi connectivity index (χ1n) is 13.2. The van der Waals surface area contributed by atoms with E-state index in [1.807, 2.05) is 90.3 Å². The summed E-state index contributed by atoms with van der Waals surface area (Å²) in [5.74, 6) is 1.58. The molecule has 0 radical (unpaired) electrons. The summed E-state index contributed by atoms with van der Waals surface area (Å²) >= 11 is 3.64. The maximum absolute atomic E-state index is 11.4. The molecule has 0 N–H and O–H groups in total. The molecular formula is C34H36O4S2. The highest BCUT2D eigenvalue weighted by molar-refractivity contribution is 7.99. The molecule has 4 nitrogen and oxygen atoms in total. The number of thioether (sulfide) groups is 2. The van der Waals surface area contributed by atoms with Crippen LogP contribution in [0.5, 0.6) is 0 Å². The van der Waals surface area contributed by atoms with E-state index in [0.717, 1.165) is 29.9 Å². The molecule has 6 heteroatoms. The summed E-state index contributed by atoms with van der Waals surface area (Å²) in [6.07, 6.45) is 2.47. The van der Waals surface area contributed by atoms with Gasteiger partial charge in [-0.25, -0.2) is 0 Å². The zero-order valence-corrected chi connectivity index (χ0v) is 24.7. The molecule has 0 aromatic heterocycles. The number of carbonyl (C=O) groups is 2. The molecule has 0 saturated carbocycles. The largest absolute Gasteiger partial charge is 0.469 e. The van der Waals surface area contributed by atoms with Gasteiger partial charge in [0, 0.05) is 27.7 Å². The molecule has 0 heterocycles. The number of ether oxygens (including phenoxy) is 2. The summed E-state index contributed by atoms with van der Waals surface area (Å²) < 4.78 is 9.44. The highest BCUT2D eigenvalue weighted by atomic mass is 32.2. The van der Waals surface area contributed by atoms with Gasteiger partial charge in [0.05, 0.1) is 20.6 Å². The van der Waals surface area contributed by atoms with Crippen LogP contribution in [-0.2, 0) is 44.1 Å². The Kier molecular flexibility index (Phi) is 14.0. The molecule has 0 saturated heterocycles. The third kappa shape index (κ3) is 11.3. The van der Waals surface area contributed by atoms with Crippen molar-refractivity contribution in [3.05, 3.63) is 131 Å². The van der Waals surface area contributed by atoms with E-state index in [2.05, 4.69) is 42.5 Å². The lowest BCUT2D eigenvalue weighted by Crippen LogP contribution is -2.07. The van der Waals surface area contributed by atoms with Gasteiger partial charge in [-0.15, -0.1) is 23.5 Å². The normalized spacial score (nSPS) is 10.2. The third-order valence-electron chi connectivity index (χ3n) is 6.15. The van der Waals surface area contributed by atoms with Crippen molar-refractivity contribution in [2.24, 2.45) is 0 Å². The molecule has 0 unspecified atom stereocenters. The summed E-state index contributed by atoms with van der Waals surface area (Å²) in [7, 11) is 2.86. The Hall–Kier alpha value is -3.48. The predicted octanol–water partition coefficient (Wildman–Crippen LogP) is 7.82. The molecule has 0 aliphatic carbocycles. The Morgan fingerprint density at radius 2 is 1.02 bits per heavy atom. The van der Waals surface area contributed by atoms with Crippen LogP contribution in [0.25, 0.3) is 0 Å². The Morgan fingerprint density at radius 3 is 1.60 bits per heavy atom. The maximum atomic E-state index is 11.4. The highest BCUT2D eigenvalue weighted by Gasteiger charge is 2.08. The minimum Gasteiger partial charge on any atom is -0.469 e. The Bertz CT molecular complexity index is 1310. The van der Waals surface area contributed by atoms with E-state index in [4.69, 9.17) is 9.47 Å². The lowest BCUT2D eigenvalue weighted by Gasteiger charge is -2.09. The Morgan fingerprint density at radius 1 is 0.550 bits per heavy atom. The van der Waals surface area contributed by atoms with Gasteiger partial charge in [0.25, 0.3) is 0 Å². The average Bonchev–Trinajstić information content (AvgIpc) is 3.01. The van der Waals surface area contributed by atoms with Gasteiger partial charge in [-0.2, -0.15) is 0 Å². The van der Waals surface area contributed by atoms with E-state index in [0.29, 0.717) is 12.8 Å². The molecule has 0 aliphatic heterocycles. The summed E-state index contributed by atoms with van der Waals surface area (Å²) in [6, 6.07) is 37.0. The average molecular weight is 573 g/mol. The van der Waals surface area contributed by atoms with Crippen molar-refractivity contribution < 1.29 is 19.1 Å². The standard InChI is InChI=1S/2C17H18O2S/c1-19-17(18)13-15-8-6-5-7-14(15)11-12-20-16-9-3-2-4-10-16;1-19-17(18)12-11-14-7-5-6-8-15(14)13-20-16-9-3-2-4-10-16/h2*2-10H,11-13H2,1H3. The van der Waals surface area contributed by atoms with Gasteiger partial charge >= 0.3 is 11.9 Å². The summed E-state index contributed by atoms with van der Waals surface area (Å²) in [5.41, 5.74) is 4.79. The first-order valence-corrected chi connectivity index (χ1v) is 15.2. The van der Waals surface area contributed by atoms with Gasteiger partial charge in [-0.3, -0.25) is 9.59 Å². The minimum atomic E-state index is -0.187. The number of hydrogen-bond donors (Lipinski definition) is 0. The Balaban J connectivity index is 0.000000220. The van der Waals surface area contributed by atoms with E-state index >= 15 is 0 Å². The molecule has 0 fully saturated rings. The van der Waals surface area contributed by atoms with Crippen LogP contribution in [0.3, 0.4) is 0 Å². The van der Waals surface area contributed by atoms with Crippen molar-refractivity contribution in [1.29, 1.82) is 0 Å². The second-order valence-corrected chi connectivity index (χ2v) is 11.1. The number of hydrogen-bond acceptors (Lipinski definition) is 6. The monoisotopic (exact) mass is 572 g/mol. The molecule has 0 bridgehead atoms. The van der Waals surface area contributed by atoms with Crippen molar-refractivity contribution in [1.82, 2.24) is 0 Å². The summed E-state index contributed by atoms with van der Waals surface area (Å²) in [6.45, 7) is 0. The third-order valence-corrected chi connectivity index (χ3v) is 8.22. The van der Waals surface area contributed by atoms with Crippen LogP contribution >= 0.6 is 23.5 Å². The fourth-order valence-corrected chi connectivity index (χ4v) is 5.82. The Labute approximate surface area is 246 Å². The molecule has 0 atom stereocenters. The molecular weight excluding hydrogens is 537 g/mol. The zero-order valence-electron chi connectivity index (χ0n) is 23.1. The maximum Gasteiger partial charge on any atom is 0.309 e. The first-order chi connectivity index (χ1) is 19.6. The van der Waals surface area contributed by atoms with E-state index < -0.39 is 0 Å². The second-order valence-electron chi connectivity index (χ2n) is 8.88. The molecule has 4 aromatic carbocycles. The SMILES string of the molecule is COC(=O)CCc1ccccc1CSc1ccccc1.COC(=O)Cc1ccccc1CCSc1ccccc1. The van der Waals surface area contributed by atoms with Crippen molar-refractivity contribution in [3.8, 4) is 0 Å². The predicted molar refractivity (Wildman–Crippen MR) is 166 cm³/mol. The molecule has 4 aromatic rings. The lowest BCUT2D eigenvalue weighted by atomic mass is 10.0. The lowest BCUT2D eigenvalue weighted by molar-refractivity contribution is -0.141. The molecule has 0 amide bonds. The van der Waals surface area contributed by atoms with Crippen molar-refractivity contribution in [2.75, 3.05) is 20.0 Å². The topological polar surface area (TPSA) is 52.6 Å². The minimum absolute atomic E-state index is 0.157. The van der Waals surface area contributed by atoms with Crippen LogP contribution < -0.4 is 0 Å². The molecule has 208 valence electrons. The van der Waals surface area contributed by atoms with Gasteiger partial charge in [0.15, 0.2) is 0 Å². The van der Waals surface area contributed by atoms with Crippen LogP contribution in [0.15, 0.2) is 119 Å². The molecule has 0 spiro atoms. The van der Waals surface area contributed by atoms with E-state index in [1.54, 1.807) is 0 Å². The van der Waals surface area contributed by atoms with Crippen molar-refractivity contribution >= 4 is 35.5 Å². The number of aryl methyl sites for hydroxylation is 2. The first kappa shape index (κ1) is 31.1. The fourth-order valence-electron chi connectivity index (χ4n) is 3.96. The van der Waals surface area contributed by atoms with Crippen LogP contribution in [-0.4, -0.2) is 31.9 Å². The quantitative estimate of drug-likeness (QED) is 0.127. The van der Waals surface area contributed by atoms with Gasteiger partial charge in [-0.05, 0) is 59.4 Å². The van der Waals surface area contributed by atoms with Gasteiger partial charge in [-0.1, -0.05) is 84.9 Å². The van der Waals surface area contributed by atoms with Crippen molar-refractivity contribution in [3.63, 3.8) is 0 Å². The summed E-state index contributed by atoms with van der Waals surface area (Å²) in [4.78, 5) is 25.2. The molecule has 0 aliphatic rings. The molecule has 40 heavy (non-hydrogen) atoms. The van der Waals surface area contributed by atoms with Crippen LogP contribution in [0.4, 0.5) is 0 Å². The van der Waals surface area contributed by atoms with Crippen molar-refractivity contribution in [2.45, 2.75) is 41.2 Å². The van der Waals surface area contributed by atoms with E-state index in [1.165, 1.54) is 40.7 Å². The molecule has 4 rings (SSSR count). The number of esters is 2. The number of benzene rings is 4. The van der Waals surface area contributed by atoms with E-state index in [9.17, 15) is 9.59 Å². The summed E-state index contributed by atoms with van der Waals surface area (Å²) in [5, 5.41) is 0. The zero-order chi connectivity index (χ0) is 28.4. The second kappa shape index (κ2) is 18.0. The van der Waals surface area contributed by atoms with Gasteiger partial charge in [0.2, 0.25) is 0 Å². The van der Waals surface area contributed by atoms with Gasteiger partial charge in [0.1, 0.15) is 0 Å².